The summed E-state index contributed by atoms with van der Waals surface area (Å²) < 4.78 is 10.8. The molecule has 1 N–H and O–H groups in total. The maximum atomic E-state index is 12.3. The number of nitrogens with zero attached hydrogens (tertiary/aromatic N) is 3. The SMILES string of the molecule is Cc1occc1-c1nnc(S[C@@H](C)C(=O)Nc2ccc(C#N)c(Cl)c2)o1. The summed E-state index contributed by atoms with van der Waals surface area (Å²) in [6, 6.07) is 8.40. The van der Waals surface area contributed by atoms with Crippen LogP contribution < -0.4 is 5.32 Å². The Morgan fingerprint density at radius 1 is 1.38 bits per heavy atom. The average molecular weight is 389 g/mol. The van der Waals surface area contributed by atoms with Gasteiger partial charge in [-0.3, -0.25) is 4.79 Å². The van der Waals surface area contributed by atoms with E-state index in [-0.39, 0.29) is 16.2 Å². The first kappa shape index (κ1) is 18.0. The summed E-state index contributed by atoms with van der Waals surface area (Å²) >= 11 is 7.11. The Labute approximate surface area is 158 Å². The third kappa shape index (κ3) is 3.90. The molecule has 7 nitrogen and oxygen atoms in total. The lowest BCUT2D eigenvalue weighted by Crippen LogP contribution is -2.22. The number of nitrogens with one attached hydrogen (secondary N) is 1. The molecule has 0 fully saturated rings. The van der Waals surface area contributed by atoms with Gasteiger partial charge in [0, 0.05) is 5.69 Å². The standard InChI is InChI=1S/C17H13ClN4O3S/c1-9-13(5-6-24-9)16-21-22-17(25-16)26-10(2)15(23)20-12-4-3-11(8-19)14(18)7-12/h3-7,10H,1-2H3,(H,20,23)/t10-/m0/s1. The lowest BCUT2D eigenvalue weighted by molar-refractivity contribution is -0.115. The fraction of sp³-hybridized carbons (Fsp3) is 0.176. The smallest absolute Gasteiger partial charge is 0.277 e. The van der Waals surface area contributed by atoms with Gasteiger partial charge in [-0.2, -0.15) is 5.26 Å². The van der Waals surface area contributed by atoms with Crippen molar-refractivity contribution in [3.63, 3.8) is 0 Å². The van der Waals surface area contributed by atoms with Gasteiger partial charge in [0.1, 0.15) is 11.8 Å². The zero-order chi connectivity index (χ0) is 18.7. The number of hydrogen-bond donors (Lipinski definition) is 1. The summed E-state index contributed by atoms with van der Waals surface area (Å²) in [5, 5.41) is 19.6. The van der Waals surface area contributed by atoms with Crippen LogP contribution in [-0.2, 0) is 4.79 Å². The number of carbonyl (C=O) groups excluding carboxylic acids is 1. The summed E-state index contributed by atoms with van der Waals surface area (Å²) in [4.78, 5) is 12.3. The Kier molecular flexibility index (Phi) is 5.30. The number of hydrogen-bond acceptors (Lipinski definition) is 7. The van der Waals surface area contributed by atoms with Gasteiger partial charge in [0.15, 0.2) is 0 Å². The molecule has 3 aromatic rings. The van der Waals surface area contributed by atoms with E-state index in [2.05, 4.69) is 15.5 Å². The predicted octanol–water partition coefficient (Wildman–Crippen LogP) is 4.28. The van der Waals surface area contributed by atoms with Crippen molar-refractivity contribution in [2.75, 3.05) is 5.32 Å². The number of furan rings is 1. The number of amides is 1. The molecule has 0 aliphatic carbocycles. The van der Waals surface area contributed by atoms with E-state index in [1.165, 1.54) is 6.07 Å². The highest BCUT2D eigenvalue weighted by atomic mass is 35.5. The predicted molar refractivity (Wildman–Crippen MR) is 96.9 cm³/mol. The molecule has 0 bridgehead atoms. The molecule has 3 rings (SSSR count). The van der Waals surface area contributed by atoms with Gasteiger partial charge in [0.25, 0.3) is 11.1 Å². The molecule has 2 aromatic heterocycles. The summed E-state index contributed by atoms with van der Waals surface area (Å²) in [5.41, 5.74) is 1.57. The van der Waals surface area contributed by atoms with Crippen molar-refractivity contribution < 1.29 is 13.6 Å². The minimum Gasteiger partial charge on any atom is -0.469 e. The van der Waals surface area contributed by atoms with Gasteiger partial charge >= 0.3 is 0 Å². The first-order valence-electron chi connectivity index (χ1n) is 7.53. The zero-order valence-electron chi connectivity index (χ0n) is 13.8. The molecule has 0 radical (unpaired) electrons. The Bertz CT molecular complexity index is 992. The van der Waals surface area contributed by atoms with Crippen molar-refractivity contribution in [2.24, 2.45) is 0 Å². The molecule has 0 saturated carbocycles. The summed E-state index contributed by atoms with van der Waals surface area (Å²) in [6.45, 7) is 3.52. The number of aromatic nitrogens is 2. The van der Waals surface area contributed by atoms with Crippen molar-refractivity contribution in [3.05, 3.63) is 46.9 Å². The minimum absolute atomic E-state index is 0.255. The number of benzene rings is 1. The second kappa shape index (κ2) is 7.64. The number of halogens is 1. The molecule has 26 heavy (non-hydrogen) atoms. The van der Waals surface area contributed by atoms with Gasteiger partial charge < -0.3 is 14.2 Å². The number of rotatable bonds is 5. The second-order valence-corrected chi connectivity index (χ2v) is 7.02. The lowest BCUT2D eigenvalue weighted by Gasteiger charge is -2.10. The van der Waals surface area contributed by atoms with Crippen LogP contribution in [0.25, 0.3) is 11.5 Å². The number of aryl methyl sites for hydroxylation is 1. The molecule has 1 aromatic carbocycles. The van der Waals surface area contributed by atoms with Gasteiger partial charge in [-0.1, -0.05) is 23.4 Å². The zero-order valence-corrected chi connectivity index (χ0v) is 15.4. The van der Waals surface area contributed by atoms with E-state index < -0.39 is 5.25 Å². The fourth-order valence-corrected chi connectivity index (χ4v) is 3.01. The number of nitriles is 1. The van der Waals surface area contributed by atoms with Crippen LogP contribution in [0.2, 0.25) is 5.02 Å². The number of anilines is 1. The van der Waals surface area contributed by atoms with Crippen LogP contribution in [0.5, 0.6) is 0 Å². The van der Waals surface area contributed by atoms with Crippen LogP contribution in [0, 0.1) is 18.3 Å². The molecule has 1 amide bonds. The fourth-order valence-electron chi connectivity index (χ4n) is 2.11. The Hall–Kier alpha value is -2.76. The van der Waals surface area contributed by atoms with Gasteiger partial charge in [-0.15, -0.1) is 10.2 Å². The van der Waals surface area contributed by atoms with Crippen molar-refractivity contribution in [2.45, 2.75) is 24.3 Å². The molecule has 0 aliphatic heterocycles. The Balaban J connectivity index is 1.65. The van der Waals surface area contributed by atoms with Gasteiger partial charge in [-0.25, -0.2) is 0 Å². The molecular weight excluding hydrogens is 376 g/mol. The average Bonchev–Trinajstić information content (AvgIpc) is 3.23. The molecule has 0 aliphatic rings. The Morgan fingerprint density at radius 2 is 2.19 bits per heavy atom. The quantitative estimate of drug-likeness (QED) is 0.650. The van der Waals surface area contributed by atoms with Crippen LogP contribution >= 0.6 is 23.4 Å². The molecule has 0 saturated heterocycles. The van der Waals surface area contributed by atoms with Crippen LogP contribution in [0.4, 0.5) is 5.69 Å². The van der Waals surface area contributed by atoms with E-state index in [0.717, 1.165) is 11.8 Å². The summed E-state index contributed by atoms with van der Waals surface area (Å²) in [5.74, 6) is 0.758. The summed E-state index contributed by atoms with van der Waals surface area (Å²) in [6.07, 6.45) is 1.54. The molecule has 2 heterocycles. The normalized spacial score (nSPS) is 11.8. The van der Waals surface area contributed by atoms with E-state index in [4.69, 9.17) is 25.7 Å². The molecule has 0 unspecified atom stereocenters. The lowest BCUT2D eigenvalue weighted by atomic mass is 10.2. The largest absolute Gasteiger partial charge is 0.469 e. The van der Waals surface area contributed by atoms with Crippen molar-refractivity contribution in [1.29, 1.82) is 5.26 Å². The number of carbonyl (C=O) groups is 1. The Morgan fingerprint density at radius 3 is 2.85 bits per heavy atom. The highest BCUT2D eigenvalue weighted by Crippen LogP contribution is 2.29. The molecule has 0 spiro atoms. The highest BCUT2D eigenvalue weighted by molar-refractivity contribution is 8.00. The third-order valence-corrected chi connectivity index (χ3v) is 4.75. The molecular formula is C17H13ClN4O3S. The van der Waals surface area contributed by atoms with Crippen molar-refractivity contribution in [3.8, 4) is 17.5 Å². The van der Waals surface area contributed by atoms with Crippen LogP contribution in [0.1, 0.15) is 18.2 Å². The first-order chi connectivity index (χ1) is 12.5. The van der Waals surface area contributed by atoms with Crippen LogP contribution in [0.3, 0.4) is 0 Å². The van der Waals surface area contributed by atoms with E-state index in [9.17, 15) is 4.79 Å². The first-order valence-corrected chi connectivity index (χ1v) is 8.79. The van der Waals surface area contributed by atoms with Crippen molar-refractivity contribution in [1.82, 2.24) is 10.2 Å². The topological polar surface area (TPSA) is 105 Å². The maximum absolute atomic E-state index is 12.3. The van der Waals surface area contributed by atoms with Crippen LogP contribution in [0.15, 0.2) is 44.6 Å². The van der Waals surface area contributed by atoms with E-state index in [1.54, 1.807) is 38.3 Å². The molecule has 9 heteroatoms. The van der Waals surface area contributed by atoms with E-state index >= 15 is 0 Å². The maximum Gasteiger partial charge on any atom is 0.277 e. The van der Waals surface area contributed by atoms with E-state index in [0.29, 0.717) is 28.5 Å². The second-order valence-electron chi connectivity index (χ2n) is 5.32. The van der Waals surface area contributed by atoms with Gasteiger partial charge in [0.2, 0.25) is 5.91 Å². The van der Waals surface area contributed by atoms with Gasteiger partial charge in [-0.05, 0) is 38.1 Å². The third-order valence-electron chi connectivity index (χ3n) is 3.50. The summed E-state index contributed by atoms with van der Waals surface area (Å²) in [7, 11) is 0. The molecule has 132 valence electrons. The van der Waals surface area contributed by atoms with Crippen LogP contribution in [-0.4, -0.2) is 21.4 Å². The molecule has 1 atom stereocenters. The monoisotopic (exact) mass is 388 g/mol. The highest BCUT2D eigenvalue weighted by Gasteiger charge is 2.20. The van der Waals surface area contributed by atoms with Crippen molar-refractivity contribution >= 4 is 35.0 Å². The van der Waals surface area contributed by atoms with E-state index in [1.807, 2.05) is 6.07 Å². The number of thioether (sulfide) groups is 1. The minimum atomic E-state index is -0.483. The van der Waals surface area contributed by atoms with Gasteiger partial charge in [0.05, 0.1) is 27.7 Å².